The first-order chi connectivity index (χ1) is 14.4. The zero-order valence-corrected chi connectivity index (χ0v) is 22.9. The zero-order chi connectivity index (χ0) is 24.5. The largest absolute Gasteiger partial charge is 1.00 e. The first kappa shape index (κ1) is 29.8. The van der Waals surface area contributed by atoms with Crippen molar-refractivity contribution in [2.45, 2.75) is 22.6 Å². The van der Waals surface area contributed by atoms with E-state index in [4.69, 9.17) is 0 Å². The SMILES string of the molecule is CS(=O)(=O)Nc1ccc(CCc2ccc(NS(C)(=O)=O)cc2S(=O)(=O)O)c(S(=O)(=O)O)c1.[H-].[Na+]. The summed E-state index contributed by atoms with van der Waals surface area (Å²) < 4.78 is 116. The fourth-order valence-electron chi connectivity index (χ4n) is 2.83. The summed E-state index contributed by atoms with van der Waals surface area (Å²) in [5.74, 6) is 0. The molecule has 2 aromatic rings. The molecule has 0 amide bonds. The average Bonchev–Trinajstić information content (AvgIpc) is 2.57. The smallest absolute Gasteiger partial charge is 1.00 e. The molecular weight excluding hydrogens is 531 g/mol. The summed E-state index contributed by atoms with van der Waals surface area (Å²) in [5.41, 5.74) is -0.130. The Labute approximate surface area is 216 Å². The summed E-state index contributed by atoms with van der Waals surface area (Å²) in [6.45, 7) is 0. The summed E-state index contributed by atoms with van der Waals surface area (Å²) in [7, 11) is -17.0. The molecular formula is C16H21N2NaO10S4. The van der Waals surface area contributed by atoms with Gasteiger partial charge >= 0.3 is 29.6 Å². The predicted molar refractivity (Wildman–Crippen MR) is 118 cm³/mol. The summed E-state index contributed by atoms with van der Waals surface area (Å²) >= 11 is 0. The molecule has 0 spiro atoms. The Hall–Kier alpha value is -1.24. The number of aryl methyl sites for hydroxylation is 2. The minimum Gasteiger partial charge on any atom is -1.00 e. The Morgan fingerprint density at radius 1 is 0.667 bits per heavy atom. The minimum atomic E-state index is -4.76. The predicted octanol–water partition coefficient (Wildman–Crippen LogP) is -2.18. The Morgan fingerprint density at radius 2 is 0.970 bits per heavy atom. The molecule has 0 atom stereocenters. The van der Waals surface area contributed by atoms with Gasteiger partial charge in [-0.1, -0.05) is 12.1 Å². The van der Waals surface area contributed by atoms with E-state index in [1.807, 2.05) is 0 Å². The van der Waals surface area contributed by atoms with Gasteiger partial charge in [-0.3, -0.25) is 18.5 Å². The molecule has 0 saturated carbocycles. The van der Waals surface area contributed by atoms with Crippen LogP contribution in [0, 0.1) is 0 Å². The van der Waals surface area contributed by atoms with Crippen LogP contribution in [0.15, 0.2) is 46.2 Å². The van der Waals surface area contributed by atoms with Crippen molar-refractivity contribution in [3.8, 4) is 0 Å². The second-order valence-corrected chi connectivity index (χ2v) is 13.1. The van der Waals surface area contributed by atoms with E-state index in [0.717, 1.165) is 24.6 Å². The van der Waals surface area contributed by atoms with Crippen LogP contribution in [-0.4, -0.2) is 55.3 Å². The number of nitrogens with one attached hydrogen (secondary N) is 2. The van der Waals surface area contributed by atoms with Crippen LogP contribution >= 0.6 is 0 Å². The maximum absolute atomic E-state index is 11.8. The third-order valence-electron chi connectivity index (χ3n) is 3.96. The van der Waals surface area contributed by atoms with Crippen LogP contribution in [0.5, 0.6) is 0 Å². The molecule has 0 aliphatic carbocycles. The van der Waals surface area contributed by atoms with Gasteiger partial charge in [-0.25, -0.2) is 16.8 Å². The number of rotatable bonds is 9. The number of sulfonamides is 2. The third-order valence-corrected chi connectivity index (χ3v) is 7.04. The van der Waals surface area contributed by atoms with E-state index in [1.54, 1.807) is 0 Å². The molecule has 0 heterocycles. The van der Waals surface area contributed by atoms with Gasteiger partial charge in [-0.2, -0.15) is 16.8 Å². The van der Waals surface area contributed by atoms with Crippen molar-refractivity contribution in [1.29, 1.82) is 0 Å². The summed E-state index contributed by atoms with van der Waals surface area (Å²) in [5, 5.41) is 0. The number of benzene rings is 2. The van der Waals surface area contributed by atoms with Gasteiger partial charge in [-0.05, 0) is 48.2 Å². The maximum atomic E-state index is 11.8. The summed E-state index contributed by atoms with van der Waals surface area (Å²) in [4.78, 5) is -1.18. The monoisotopic (exact) mass is 552 g/mol. The van der Waals surface area contributed by atoms with E-state index >= 15 is 0 Å². The van der Waals surface area contributed by atoms with Gasteiger partial charge in [0.2, 0.25) is 20.0 Å². The minimum absolute atomic E-state index is 0. The van der Waals surface area contributed by atoms with Crippen LogP contribution in [0.1, 0.15) is 12.6 Å². The van der Waals surface area contributed by atoms with Gasteiger partial charge in [0, 0.05) is 11.4 Å². The molecule has 12 nitrogen and oxygen atoms in total. The Kier molecular flexibility index (Phi) is 9.55. The average molecular weight is 553 g/mol. The number of hydrogen-bond donors (Lipinski definition) is 4. The molecule has 0 aliphatic rings. The van der Waals surface area contributed by atoms with Crippen molar-refractivity contribution in [1.82, 2.24) is 0 Å². The molecule has 180 valence electrons. The molecule has 0 aliphatic heterocycles. The molecule has 33 heavy (non-hydrogen) atoms. The van der Waals surface area contributed by atoms with Crippen molar-refractivity contribution in [2.24, 2.45) is 0 Å². The fraction of sp³-hybridized carbons (Fsp3) is 0.250. The summed E-state index contributed by atoms with van der Waals surface area (Å²) in [6.07, 6.45) is 1.45. The molecule has 2 aromatic carbocycles. The Bertz CT molecular complexity index is 1360. The van der Waals surface area contributed by atoms with Gasteiger partial charge in [-0.15, -0.1) is 0 Å². The molecule has 4 N–H and O–H groups in total. The number of hydrogen-bond acceptors (Lipinski definition) is 8. The zero-order valence-electron chi connectivity index (χ0n) is 18.7. The van der Waals surface area contributed by atoms with Gasteiger partial charge in [0.25, 0.3) is 20.2 Å². The van der Waals surface area contributed by atoms with Crippen LogP contribution in [0.4, 0.5) is 11.4 Å². The molecule has 17 heteroatoms. The fourth-order valence-corrected chi connectivity index (χ4v) is 5.49. The van der Waals surface area contributed by atoms with Crippen molar-refractivity contribution in [2.75, 3.05) is 22.0 Å². The quantitative estimate of drug-likeness (QED) is 0.196. The van der Waals surface area contributed by atoms with Crippen LogP contribution in [-0.2, 0) is 53.1 Å². The van der Waals surface area contributed by atoms with Gasteiger partial charge in [0.1, 0.15) is 0 Å². The second-order valence-electron chi connectivity index (χ2n) is 6.84. The molecule has 0 aromatic heterocycles. The standard InChI is InChI=1S/C16H20N2O10S4.Na.H/c1-29(19,20)17-13-7-5-11(15(9-13)31(23,24)25)3-4-12-6-8-14(18-30(2,21)22)10-16(12)32(26,27)28;;/h5-10,17-18H,3-4H2,1-2H3,(H,23,24,25)(H,26,27,28);;/q;+1;-1. The van der Waals surface area contributed by atoms with E-state index in [2.05, 4.69) is 9.44 Å². The van der Waals surface area contributed by atoms with Gasteiger partial charge in [0.15, 0.2) is 0 Å². The van der Waals surface area contributed by atoms with Gasteiger partial charge < -0.3 is 1.43 Å². The topological polar surface area (TPSA) is 201 Å². The first-order valence-electron chi connectivity index (χ1n) is 8.51. The first-order valence-corrected chi connectivity index (χ1v) is 15.2. The van der Waals surface area contributed by atoms with Crippen molar-refractivity contribution in [3.05, 3.63) is 47.5 Å². The van der Waals surface area contributed by atoms with E-state index in [1.165, 1.54) is 24.3 Å². The van der Waals surface area contributed by atoms with E-state index < -0.39 is 50.1 Å². The van der Waals surface area contributed by atoms with Crippen LogP contribution < -0.4 is 39.0 Å². The molecule has 0 saturated heterocycles. The Morgan fingerprint density at radius 3 is 1.21 bits per heavy atom. The Balaban J connectivity index is 0.00000544. The van der Waals surface area contributed by atoms with Gasteiger partial charge in [0.05, 0.1) is 22.3 Å². The van der Waals surface area contributed by atoms with E-state index in [-0.39, 0.29) is 66.3 Å². The molecule has 2 rings (SSSR count). The van der Waals surface area contributed by atoms with Crippen LogP contribution in [0.3, 0.4) is 0 Å². The molecule has 0 bridgehead atoms. The van der Waals surface area contributed by atoms with Crippen LogP contribution in [0.25, 0.3) is 0 Å². The number of anilines is 2. The summed E-state index contributed by atoms with van der Waals surface area (Å²) in [6, 6.07) is 6.82. The maximum Gasteiger partial charge on any atom is 1.00 e. The normalized spacial score (nSPS) is 12.6. The van der Waals surface area contributed by atoms with E-state index in [0.29, 0.717) is 0 Å². The molecule has 0 radical (unpaired) electrons. The van der Waals surface area contributed by atoms with Crippen molar-refractivity contribution >= 4 is 51.7 Å². The molecule has 0 unspecified atom stereocenters. The van der Waals surface area contributed by atoms with E-state index in [9.17, 15) is 42.8 Å². The second kappa shape index (κ2) is 10.6. The van der Waals surface area contributed by atoms with Crippen molar-refractivity contribution < 1.29 is 73.8 Å². The van der Waals surface area contributed by atoms with Crippen LogP contribution in [0.2, 0.25) is 0 Å². The third kappa shape index (κ3) is 9.50. The van der Waals surface area contributed by atoms with Crippen molar-refractivity contribution in [3.63, 3.8) is 0 Å². The molecule has 0 fully saturated rings.